The van der Waals surface area contributed by atoms with Gasteiger partial charge >= 0.3 is 5.97 Å². The maximum atomic E-state index is 11.4. The maximum Gasteiger partial charge on any atom is 0.337 e. The van der Waals surface area contributed by atoms with Crippen LogP contribution >= 0.6 is 0 Å². The standard InChI is InChI=1S/C17H20N2O2/c1-2-14-18-15-12(16(20)21)4-3-5-13(15)19(14)10-17(8-9-17)11-6-7-11/h3-5,11H,2,6-10H2,1H3,(H,20,21). The first-order chi connectivity index (χ1) is 10.1. The second-order valence-corrected chi connectivity index (χ2v) is 6.58. The number of hydrogen-bond donors (Lipinski definition) is 1. The number of imidazole rings is 1. The number of fused-ring (bicyclic) bond motifs is 1. The predicted molar refractivity (Wildman–Crippen MR) is 80.5 cm³/mol. The molecule has 2 fully saturated rings. The summed E-state index contributed by atoms with van der Waals surface area (Å²) in [6.45, 7) is 3.11. The molecule has 110 valence electrons. The van der Waals surface area contributed by atoms with Crippen molar-refractivity contribution in [3.63, 3.8) is 0 Å². The summed E-state index contributed by atoms with van der Waals surface area (Å²) >= 11 is 0. The van der Waals surface area contributed by atoms with Crippen molar-refractivity contribution in [2.45, 2.75) is 45.6 Å². The minimum Gasteiger partial charge on any atom is -0.478 e. The largest absolute Gasteiger partial charge is 0.478 e. The van der Waals surface area contributed by atoms with E-state index in [2.05, 4.69) is 16.5 Å². The molecule has 1 aromatic carbocycles. The lowest BCUT2D eigenvalue weighted by molar-refractivity contribution is 0.0699. The Hall–Kier alpha value is -1.84. The molecule has 2 aliphatic rings. The molecule has 1 aromatic heterocycles. The highest BCUT2D eigenvalue weighted by atomic mass is 16.4. The molecule has 4 nitrogen and oxygen atoms in total. The first-order valence-electron chi connectivity index (χ1n) is 7.86. The fourth-order valence-electron chi connectivity index (χ4n) is 3.68. The number of rotatable bonds is 5. The van der Waals surface area contributed by atoms with Crippen LogP contribution in [0.1, 0.15) is 48.8 Å². The van der Waals surface area contributed by atoms with Crippen LogP contribution in [0.2, 0.25) is 0 Å². The average Bonchev–Trinajstić information content (AvgIpc) is 3.35. The van der Waals surface area contributed by atoms with Crippen molar-refractivity contribution in [3.05, 3.63) is 29.6 Å². The molecule has 0 saturated heterocycles. The van der Waals surface area contributed by atoms with E-state index in [9.17, 15) is 9.90 Å². The van der Waals surface area contributed by atoms with Gasteiger partial charge in [0.05, 0.1) is 11.1 Å². The van der Waals surface area contributed by atoms with Gasteiger partial charge in [-0.15, -0.1) is 0 Å². The van der Waals surface area contributed by atoms with E-state index >= 15 is 0 Å². The molecule has 0 amide bonds. The lowest BCUT2D eigenvalue weighted by atomic mass is 10.0. The molecule has 0 radical (unpaired) electrons. The molecule has 2 saturated carbocycles. The van der Waals surface area contributed by atoms with E-state index in [1.165, 1.54) is 25.7 Å². The van der Waals surface area contributed by atoms with Gasteiger partial charge in [0, 0.05) is 13.0 Å². The second kappa shape index (κ2) is 4.33. The Morgan fingerprint density at radius 2 is 2.19 bits per heavy atom. The maximum absolute atomic E-state index is 11.4. The molecule has 0 bridgehead atoms. The van der Waals surface area contributed by atoms with Gasteiger partial charge in [0.2, 0.25) is 0 Å². The highest BCUT2D eigenvalue weighted by Crippen LogP contribution is 2.62. The van der Waals surface area contributed by atoms with E-state index in [1.807, 2.05) is 12.1 Å². The predicted octanol–water partition coefficient (Wildman–Crippen LogP) is 3.49. The van der Waals surface area contributed by atoms with Gasteiger partial charge in [0.1, 0.15) is 11.3 Å². The number of aryl methyl sites for hydroxylation is 1. The molecule has 1 N–H and O–H groups in total. The molecule has 0 spiro atoms. The van der Waals surface area contributed by atoms with Gasteiger partial charge in [-0.1, -0.05) is 13.0 Å². The number of nitrogens with zero attached hydrogens (tertiary/aromatic N) is 2. The van der Waals surface area contributed by atoms with Gasteiger partial charge in [-0.3, -0.25) is 0 Å². The van der Waals surface area contributed by atoms with Gasteiger partial charge in [-0.05, 0) is 49.1 Å². The fourth-order valence-corrected chi connectivity index (χ4v) is 3.68. The van der Waals surface area contributed by atoms with Gasteiger partial charge in [0.25, 0.3) is 0 Å². The Balaban J connectivity index is 1.83. The van der Waals surface area contributed by atoms with Crippen molar-refractivity contribution < 1.29 is 9.90 Å². The molecule has 4 heteroatoms. The Morgan fingerprint density at radius 1 is 1.43 bits per heavy atom. The van der Waals surface area contributed by atoms with Crippen LogP contribution in [0, 0.1) is 11.3 Å². The Morgan fingerprint density at radius 3 is 2.76 bits per heavy atom. The van der Waals surface area contributed by atoms with Crippen molar-refractivity contribution in [1.82, 2.24) is 9.55 Å². The minimum atomic E-state index is -0.892. The van der Waals surface area contributed by atoms with Crippen molar-refractivity contribution in [2.24, 2.45) is 11.3 Å². The third kappa shape index (κ3) is 1.96. The van der Waals surface area contributed by atoms with Crippen molar-refractivity contribution in [2.75, 3.05) is 0 Å². The summed E-state index contributed by atoms with van der Waals surface area (Å²) in [6.07, 6.45) is 6.22. The van der Waals surface area contributed by atoms with E-state index < -0.39 is 5.97 Å². The van der Waals surface area contributed by atoms with Gasteiger partial charge in [-0.25, -0.2) is 9.78 Å². The fraction of sp³-hybridized carbons (Fsp3) is 0.529. The molecule has 0 aliphatic heterocycles. The Bertz CT molecular complexity index is 724. The van der Waals surface area contributed by atoms with Crippen LogP contribution in [0.3, 0.4) is 0 Å². The van der Waals surface area contributed by atoms with Crippen molar-refractivity contribution in [3.8, 4) is 0 Å². The molecule has 2 aliphatic carbocycles. The highest BCUT2D eigenvalue weighted by Gasteiger charge is 2.54. The summed E-state index contributed by atoms with van der Waals surface area (Å²) < 4.78 is 2.28. The third-order valence-corrected chi connectivity index (χ3v) is 5.21. The molecule has 4 rings (SSSR count). The van der Waals surface area contributed by atoms with Crippen LogP contribution < -0.4 is 0 Å². The van der Waals surface area contributed by atoms with Crippen LogP contribution in [0.5, 0.6) is 0 Å². The zero-order valence-corrected chi connectivity index (χ0v) is 12.3. The number of aromatic nitrogens is 2. The van der Waals surface area contributed by atoms with Crippen LogP contribution in [0.15, 0.2) is 18.2 Å². The quantitative estimate of drug-likeness (QED) is 0.914. The molecular weight excluding hydrogens is 264 g/mol. The second-order valence-electron chi connectivity index (χ2n) is 6.58. The third-order valence-electron chi connectivity index (χ3n) is 5.21. The van der Waals surface area contributed by atoms with Crippen LogP contribution in [0.25, 0.3) is 11.0 Å². The first-order valence-corrected chi connectivity index (χ1v) is 7.86. The van der Waals surface area contributed by atoms with E-state index in [0.29, 0.717) is 16.5 Å². The van der Waals surface area contributed by atoms with Crippen molar-refractivity contribution >= 4 is 17.0 Å². The lowest BCUT2D eigenvalue weighted by Gasteiger charge is -2.17. The van der Waals surface area contributed by atoms with Crippen LogP contribution in [-0.4, -0.2) is 20.6 Å². The van der Waals surface area contributed by atoms with Crippen molar-refractivity contribution in [1.29, 1.82) is 0 Å². The molecule has 21 heavy (non-hydrogen) atoms. The van der Waals surface area contributed by atoms with Gasteiger partial charge < -0.3 is 9.67 Å². The van der Waals surface area contributed by atoms with Gasteiger partial charge in [0.15, 0.2) is 0 Å². The number of aromatic carboxylic acids is 1. The van der Waals surface area contributed by atoms with Gasteiger partial charge in [-0.2, -0.15) is 0 Å². The summed E-state index contributed by atoms with van der Waals surface area (Å²) in [5, 5.41) is 9.35. The molecule has 0 atom stereocenters. The molecule has 2 aromatic rings. The topological polar surface area (TPSA) is 55.1 Å². The summed E-state index contributed by atoms with van der Waals surface area (Å²) in [5.41, 5.74) is 2.43. The monoisotopic (exact) mass is 284 g/mol. The lowest BCUT2D eigenvalue weighted by Crippen LogP contribution is -2.15. The van der Waals surface area contributed by atoms with E-state index in [-0.39, 0.29) is 0 Å². The molecular formula is C17H20N2O2. The number of para-hydroxylation sites is 1. The summed E-state index contributed by atoms with van der Waals surface area (Å²) in [7, 11) is 0. The first kappa shape index (κ1) is 12.9. The zero-order chi connectivity index (χ0) is 14.6. The SMILES string of the molecule is CCc1nc2c(C(=O)O)cccc2n1CC1(C2CC2)CC1. The van der Waals surface area contributed by atoms with Crippen LogP contribution in [-0.2, 0) is 13.0 Å². The normalized spacial score (nSPS) is 19.9. The average molecular weight is 284 g/mol. The Labute approximate surface area is 123 Å². The zero-order valence-electron chi connectivity index (χ0n) is 12.3. The molecule has 1 heterocycles. The summed E-state index contributed by atoms with van der Waals surface area (Å²) in [6, 6.07) is 5.49. The number of benzene rings is 1. The number of carboxylic acid groups (broad SMARTS) is 1. The summed E-state index contributed by atoms with van der Waals surface area (Å²) in [5.74, 6) is 1.02. The van der Waals surface area contributed by atoms with E-state index in [4.69, 9.17) is 0 Å². The van der Waals surface area contributed by atoms with Crippen LogP contribution in [0.4, 0.5) is 0 Å². The Kier molecular flexibility index (Phi) is 2.65. The minimum absolute atomic E-state index is 0.317. The highest BCUT2D eigenvalue weighted by molar-refractivity contribution is 6.01. The number of carboxylic acids is 1. The summed E-state index contributed by atoms with van der Waals surface area (Å²) in [4.78, 5) is 16.0. The molecule has 0 unspecified atom stereocenters. The van der Waals surface area contributed by atoms with E-state index in [0.717, 1.165) is 30.2 Å². The van der Waals surface area contributed by atoms with E-state index in [1.54, 1.807) is 6.07 Å². The number of carbonyl (C=O) groups is 1. The smallest absolute Gasteiger partial charge is 0.337 e. The number of hydrogen-bond acceptors (Lipinski definition) is 2.